The number of carbonyl (C=O) groups excluding carboxylic acids is 3. The maximum absolute atomic E-state index is 12.0. The zero-order valence-electron chi connectivity index (χ0n) is 19.3. The van der Waals surface area contributed by atoms with Crippen LogP contribution in [-0.2, 0) is 19.1 Å². The summed E-state index contributed by atoms with van der Waals surface area (Å²) in [5, 5.41) is 6.16. The van der Waals surface area contributed by atoms with Gasteiger partial charge in [0, 0.05) is 30.5 Å². The van der Waals surface area contributed by atoms with E-state index in [1.807, 2.05) is 45.0 Å². The molecule has 0 bridgehead atoms. The lowest BCUT2D eigenvalue weighted by Gasteiger charge is -2.44. The summed E-state index contributed by atoms with van der Waals surface area (Å²) < 4.78 is 10.1. The molecule has 1 aromatic rings. The Morgan fingerprint density at radius 1 is 1.09 bits per heavy atom. The van der Waals surface area contributed by atoms with Gasteiger partial charge >= 0.3 is 12.1 Å². The molecule has 4 N–H and O–H groups in total. The first-order valence-corrected chi connectivity index (χ1v) is 11.0. The van der Waals surface area contributed by atoms with Crippen molar-refractivity contribution in [3.05, 3.63) is 24.3 Å². The number of hydrogen-bond acceptors (Lipinski definition) is 7. The summed E-state index contributed by atoms with van der Waals surface area (Å²) in [4.78, 5) is 37.9. The van der Waals surface area contributed by atoms with E-state index >= 15 is 0 Å². The topological polar surface area (TPSA) is 123 Å². The van der Waals surface area contributed by atoms with Crippen molar-refractivity contribution in [1.82, 2.24) is 5.32 Å². The number of alkyl carbamates (subject to hydrolysis) is 1. The molecule has 1 aliphatic heterocycles. The predicted molar refractivity (Wildman–Crippen MR) is 121 cm³/mol. The van der Waals surface area contributed by atoms with Crippen LogP contribution in [0.1, 0.15) is 46.5 Å². The first-order chi connectivity index (χ1) is 15.0. The number of anilines is 2. The molecule has 1 saturated carbocycles. The summed E-state index contributed by atoms with van der Waals surface area (Å²) in [6.45, 7) is 7.18. The average Bonchev–Trinajstić information content (AvgIpc) is 2.69. The number of ether oxygens (including phenoxy) is 2. The van der Waals surface area contributed by atoms with Gasteiger partial charge in [-0.25, -0.2) is 4.79 Å². The molecule has 1 aromatic carbocycles. The quantitative estimate of drug-likeness (QED) is 0.573. The molecule has 2 amide bonds. The maximum atomic E-state index is 12.0. The van der Waals surface area contributed by atoms with Gasteiger partial charge in [-0.2, -0.15) is 0 Å². The second kappa shape index (κ2) is 9.26. The molecule has 9 heteroatoms. The summed E-state index contributed by atoms with van der Waals surface area (Å²) in [5.41, 5.74) is 6.03. The maximum Gasteiger partial charge on any atom is 0.407 e. The minimum atomic E-state index is -0.925. The van der Waals surface area contributed by atoms with Gasteiger partial charge in [0.1, 0.15) is 11.1 Å². The van der Waals surface area contributed by atoms with Crippen LogP contribution in [0, 0.1) is 5.92 Å². The number of nitrogens with two attached hydrogens (primary N) is 1. The number of rotatable bonds is 6. The summed E-state index contributed by atoms with van der Waals surface area (Å²) in [5.74, 6) is -1.10. The molecule has 1 aliphatic carbocycles. The number of esters is 1. The zero-order valence-corrected chi connectivity index (χ0v) is 19.3. The molecule has 0 atom stereocenters. The smallest absolute Gasteiger partial charge is 0.407 e. The zero-order chi connectivity index (χ0) is 23.5. The van der Waals surface area contributed by atoms with Crippen molar-refractivity contribution >= 4 is 29.3 Å². The molecule has 3 rings (SSSR count). The van der Waals surface area contributed by atoms with Gasteiger partial charge in [0.25, 0.3) is 0 Å². The van der Waals surface area contributed by atoms with E-state index in [1.54, 1.807) is 0 Å². The Kier molecular flexibility index (Phi) is 6.85. The fourth-order valence-electron chi connectivity index (χ4n) is 4.27. The second-order valence-corrected chi connectivity index (χ2v) is 9.65. The van der Waals surface area contributed by atoms with E-state index in [0.717, 1.165) is 37.3 Å². The Labute approximate surface area is 189 Å². The summed E-state index contributed by atoms with van der Waals surface area (Å²) in [7, 11) is 1.34. The number of methoxy groups -OCH3 is 1. The van der Waals surface area contributed by atoms with E-state index in [4.69, 9.17) is 15.2 Å². The first kappa shape index (κ1) is 23.7. The molecule has 176 valence electrons. The lowest BCUT2D eigenvalue weighted by atomic mass is 9.67. The van der Waals surface area contributed by atoms with Crippen LogP contribution < -0.4 is 21.3 Å². The predicted octanol–water partition coefficient (Wildman–Crippen LogP) is 2.40. The molecule has 1 saturated heterocycles. The minimum absolute atomic E-state index is 0.0961. The third kappa shape index (κ3) is 5.63. The van der Waals surface area contributed by atoms with Crippen LogP contribution >= 0.6 is 0 Å². The third-order valence-electron chi connectivity index (χ3n) is 6.03. The van der Waals surface area contributed by atoms with E-state index in [1.165, 1.54) is 7.11 Å². The number of benzene rings is 1. The number of nitrogens with zero attached hydrogens (tertiary/aromatic N) is 1. The summed E-state index contributed by atoms with van der Waals surface area (Å²) in [6, 6.07) is 7.91. The molecule has 0 radical (unpaired) electrons. The highest BCUT2D eigenvalue weighted by Gasteiger charge is 2.52. The molecule has 0 spiro atoms. The van der Waals surface area contributed by atoms with Crippen molar-refractivity contribution in [2.45, 2.75) is 63.6 Å². The molecular weight excluding hydrogens is 412 g/mol. The normalized spacial score (nSPS) is 23.6. The highest BCUT2D eigenvalue weighted by molar-refractivity contribution is 5.92. The van der Waals surface area contributed by atoms with Gasteiger partial charge < -0.3 is 30.7 Å². The first-order valence-electron chi connectivity index (χ1n) is 11.0. The van der Waals surface area contributed by atoms with E-state index in [9.17, 15) is 14.4 Å². The molecule has 0 aromatic heterocycles. The van der Waals surface area contributed by atoms with Crippen molar-refractivity contribution in [1.29, 1.82) is 0 Å². The monoisotopic (exact) mass is 446 g/mol. The van der Waals surface area contributed by atoms with Crippen molar-refractivity contribution in [2.75, 3.05) is 30.4 Å². The SMILES string of the molecule is COC(=O)C1CC(Nc2ccc(N3CCC(NC(=O)OC(C)(C)C)CC3)cc2)(C(N)=O)C1. The Balaban J connectivity index is 1.51. The van der Waals surface area contributed by atoms with Crippen LogP contribution in [0.2, 0.25) is 0 Å². The van der Waals surface area contributed by atoms with Gasteiger partial charge in [0.2, 0.25) is 5.91 Å². The lowest BCUT2D eigenvalue weighted by Crippen LogP contribution is -2.61. The third-order valence-corrected chi connectivity index (χ3v) is 6.03. The molecule has 2 aliphatic rings. The van der Waals surface area contributed by atoms with Crippen LogP contribution in [0.4, 0.5) is 16.2 Å². The Bertz CT molecular complexity index is 835. The molecule has 9 nitrogen and oxygen atoms in total. The van der Waals surface area contributed by atoms with Gasteiger partial charge in [0.15, 0.2) is 0 Å². The Morgan fingerprint density at radius 3 is 2.19 bits per heavy atom. The standard InChI is InChI=1S/C23H34N4O5/c1-22(2,3)32-21(30)25-16-9-11-27(12-10-16)18-7-5-17(6-8-18)26-23(20(24)29)13-15(14-23)19(28)31-4/h5-8,15-16,26H,9-14H2,1-4H3,(H2,24,29)(H,25,30). The van der Waals surface area contributed by atoms with E-state index in [-0.39, 0.29) is 24.0 Å². The number of amides is 2. The Morgan fingerprint density at radius 2 is 1.69 bits per heavy atom. The highest BCUT2D eigenvalue weighted by Crippen LogP contribution is 2.41. The molecule has 0 unspecified atom stereocenters. The highest BCUT2D eigenvalue weighted by atomic mass is 16.6. The van der Waals surface area contributed by atoms with Crippen LogP contribution in [-0.4, -0.2) is 55.4 Å². The minimum Gasteiger partial charge on any atom is -0.469 e. The molecule has 2 fully saturated rings. The fraction of sp³-hybridized carbons (Fsp3) is 0.609. The lowest BCUT2D eigenvalue weighted by molar-refractivity contribution is -0.152. The summed E-state index contributed by atoms with van der Waals surface area (Å²) in [6.07, 6.45) is 1.95. The van der Waals surface area contributed by atoms with Crippen LogP contribution in [0.15, 0.2) is 24.3 Å². The largest absolute Gasteiger partial charge is 0.469 e. The van der Waals surface area contributed by atoms with E-state index in [0.29, 0.717) is 12.8 Å². The van der Waals surface area contributed by atoms with Gasteiger partial charge in [-0.1, -0.05) is 0 Å². The van der Waals surface area contributed by atoms with Gasteiger partial charge in [0.05, 0.1) is 13.0 Å². The number of nitrogens with one attached hydrogen (secondary N) is 2. The number of hydrogen-bond donors (Lipinski definition) is 3. The molecular formula is C23H34N4O5. The Hall–Kier alpha value is -2.97. The van der Waals surface area contributed by atoms with E-state index in [2.05, 4.69) is 15.5 Å². The number of piperidine rings is 1. The molecule has 32 heavy (non-hydrogen) atoms. The number of carbonyl (C=O) groups is 3. The van der Waals surface area contributed by atoms with Gasteiger partial charge in [-0.3, -0.25) is 9.59 Å². The van der Waals surface area contributed by atoms with Gasteiger partial charge in [-0.15, -0.1) is 0 Å². The summed E-state index contributed by atoms with van der Waals surface area (Å²) >= 11 is 0. The van der Waals surface area contributed by atoms with Crippen molar-refractivity contribution in [3.8, 4) is 0 Å². The van der Waals surface area contributed by atoms with Crippen LogP contribution in [0.25, 0.3) is 0 Å². The van der Waals surface area contributed by atoms with Crippen molar-refractivity contribution in [3.63, 3.8) is 0 Å². The molecule has 1 heterocycles. The van der Waals surface area contributed by atoms with Gasteiger partial charge in [-0.05, 0) is 70.7 Å². The second-order valence-electron chi connectivity index (χ2n) is 9.65. The average molecular weight is 447 g/mol. The fourth-order valence-corrected chi connectivity index (χ4v) is 4.27. The van der Waals surface area contributed by atoms with Crippen molar-refractivity contribution in [2.24, 2.45) is 11.7 Å². The van der Waals surface area contributed by atoms with E-state index < -0.39 is 17.0 Å². The van der Waals surface area contributed by atoms with Crippen LogP contribution in [0.3, 0.4) is 0 Å². The van der Waals surface area contributed by atoms with Crippen molar-refractivity contribution < 1.29 is 23.9 Å². The van der Waals surface area contributed by atoms with Crippen LogP contribution in [0.5, 0.6) is 0 Å². The number of primary amides is 1.